The highest BCUT2D eigenvalue weighted by Gasteiger charge is 2.40. The number of hydrogen-bond acceptors (Lipinski definition) is 3. The fourth-order valence-electron chi connectivity index (χ4n) is 0.604. The molecule has 1 N–H and O–H groups in total. The van der Waals surface area contributed by atoms with Crippen LogP contribution in [0.2, 0.25) is 0 Å². The lowest BCUT2D eigenvalue weighted by Crippen LogP contribution is -2.26. The van der Waals surface area contributed by atoms with Crippen molar-refractivity contribution >= 4 is 11.9 Å². The maximum Gasteiger partial charge on any atom is 0.490 e. The Balaban J connectivity index is 3.56. The normalized spacial score (nSPS) is 10.9. The summed E-state index contributed by atoms with van der Waals surface area (Å²) in [6, 6.07) is 0. The van der Waals surface area contributed by atoms with Crippen LogP contribution in [0, 0.1) is 0 Å². The first kappa shape index (κ1) is 12.7. The monoisotopic (exact) mass is 213 g/mol. The van der Waals surface area contributed by atoms with Gasteiger partial charge in [0.25, 0.3) is 0 Å². The predicted molar refractivity (Wildman–Crippen MR) is 40.3 cm³/mol. The Labute approximate surface area is 78.4 Å². The van der Waals surface area contributed by atoms with Crippen LogP contribution in [0.15, 0.2) is 0 Å². The number of carbonyl (C=O) groups is 2. The first-order valence-electron chi connectivity index (χ1n) is 3.82. The summed E-state index contributed by atoms with van der Waals surface area (Å²) < 4.78 is 38.5. The third-order valence-electron chi connectivity index (χ3n) is 1.29. The molecule has 0 bridgehead atoms. The number of nitrogens with one attached hydrogen (secondary N) is 1. The second-order valence-corrected chi connectivity index (χ2v) is 2.41. The van der Waals surface area contributed by atoms with E-state index < -0.39 is 18.8 Å². The molecule has 0 spiro atoms. The van der Waals surface area contributed by atoms with Crippen LogP contribution in [0.25, 0.3) is 0 Å². The molecule has 14 heavy (non-hydrogen) atoms. The molecule has 0 rings (SSSR count). The molecule has 7 heteroatoms. The molecule has 0 aromatic carbocycles. The molecule has 0 heterocycles. The van der Waals surface area contributed by atoms with E-state index in [2.05, 4.69) is 10.1 Å². The standard InChI is InChI=1S/C7H10F3NO3/c1-11-5(12)3-2-4-14-6(13)7(8,9)10/h2-4H2,1H3,(H,11,12). The average molecular weight is 213 g/mol. The Hall–Kier alpha value is -1.27. The Kier molecular flexibility index (Phi) is 4.96. The molecular weight excluding hydrogens is 203 g/mol. The van der Waals surface area contributed by atoms with Crippen molar-refractivity contribution in [1.29, 1.82) is 0 Å². The zero-order chi connectivity index (χ0) is 11.2. The Morgan fingerprint density at radius 2 is 1.93 bits per heavy atom. The van der Waals surface area contributed by atoms with Gasteiger partial charge in [0.05, 0.1) is 6.61 Å². The number of amides is 1. The molecule has 0 radical (unpaired) electrons. The molecule has 0 aliphatic carbocycles. The van der Waals surface area contributed by atoms with Crippen LogP contribution in [0.4, 0.5) is 13.2 Å². The van der Waals surface area contributed by atoms with E-state index >= 15 is 0 Å². The van der Waals surface area contributed by atoms with E-state index in [4.69, 9.17) is 0 Å². The topological polar surface area (TPSA) is 55.4 Å². The number of alkyl halides is 3. The highest BCUT2D eigenvalue weighted by Crippen LogP contribution is 2.16. The van der Waals surface area contributed by atoms with Gasteiger partial charge in [-0.1, -0.05) is 0 Å². The zero-order valence-electron chi connectivity index (χ0n) is 7.48. The van der Waals surface area contributed by atoms with Crippen molar-refractivity contribution < 1.29 is 27.5 Å². The molecule has 0 unspecified atom stereocenters. The van der Waals surface area contributed by atoms with Gasteiger partial charge in [0.15, 0.2) is 0 Å². The molecular formula is C7H10F3NO3. The van der Waals surface area contributed by atoms with Gasteiger partial charge in [0.2, 0.25) is 5.91 Å². The molecule has 82 valence electrons. The minimum atomic E-state index is -4.97. The summed E-state index contributed by atoms with van der Waals surface area (Å²) in [7, 11) is 1.41. The molecule has 0 aliphatic rings. The highest BCUT2D eigenvalue weighted by atomic mass is 19.4. The van der Waals surface area contributed by atoms with Crippen molar-refractivity contribution in [3.63, 3.8) is 0 Å². The molecule has 4 nitrogen and oxygen atoms in total. The second-order valence-electron chi connectivity index (χ2n) is 2.41. The summed E-state index contributed by atoms with van der Waals surface area (Å²) in [5.74, 6) is -2.54. The third-order valence-corrected chi connectivity index (χ3v) is 1.29. The minimum Gasteiger partial charge on any atom is -0.459 e. The van der Waals surface area contributed by atoms with Crippen LogP contribution < -0.4 is 5.32 Å². The van der Waals surface area contributed by atoms with Crippen molar-refractivity contribution in [3.05, 3.63) is 0 Å². The van der Waals surface area contributed by atoms with Gasteiger partial charge >= 0.3 is 12.1 Å². The summed E-state index contributed by atoms with van der Waals surface area (Å²) in [5.41, 5.74) is 0. The molecule has 0 saturated heterocycles. The largest absolute Gasteiger partial charge is 0.490 e. The van der Waals surface area contributed by atoms with Crippen LogP contribution in [0.1, 0.15) is 12.8 Å². The van der Waals surface area contributed by atoms with Gasteiger partial charge in [0.1, 0.15) is 0 Å². The maximum atomic E-state index is 11.5. The molecule has 0 fully saturated rings. The van der Waals surface area contributed by atoms with Crippen molar-refractivity contribution in [2.75, 3.05) is 13.7 Å². The maximum absolute atomic E-state index is 11.5. The summed E-state index contributed by atoms with van der Waals surface area (Å²) in [6.45, 7) is -0.411. The number of ether oxygens (including phenoxy) is 1. The van der Waals surface area contributed by atoms with E-state index in [1.54, 1.807) is 0 Å². The lowest BCUT2D eigenvalue weighted by atomic mass is 10.3. The predicted octanol–water partition coefficient (Wildman–Crippen LogP) is 0.618. The van der Waals surface area contributed by atoms with E-state index in [9.17, 15) is 22.8 Å². The number of carbonyl (C=O) groups excluding carboxylic acids is 2. The van der Waals surface area contributed by atoms with Gasteiger partial charge in [-0.2, -0.15) is 13.2 Å². The lowest BCUT2D eigenvalue weighted by molar-refractivity contribution is -0.199. The SMILES string of the molecule is CNC(=O)CCCOC(=O)C(F)(F)F. The van der Waals surface area contributed by atoms with Crippen molar-refractivity contribution in [2.24, 2.45) is 0 Å². The summed E-state index contributed by atoms with van der Waals surface area (Å²) in [5, 5.41) is 2.28. The van der Waals surface area contributed by atoms with Crippen molar-refractivity contribution in [3.8, 4) is 0 Å². The number of rotatable bonds is 4. The summed E-state index contributed by atoms with van der Waals surface area (Å²) in [4.78, 5) is 20.7. The molecule has 0 atom stereocenters. The van der Waals surface area contributed by atoms with Gasteiger partial charge in [0, 0.05) is 13.5 Å². The van der Waals surface area contributed by atoms with Gasteiger partial charge in [-0.25, -0.2) is 4.79 Å². The number of halogens is 3. The average Bonchev–Trinajstić information content (AvgIpc) is 2.09. The van der Waals surface area contributed by atoms with Gasteiger partial charge in [-0.3, -0.25) is 4.79 Å². The van der Waals surface area contributed by atoms with Crippen LogP contribution in [0.3, 0.4) is 0 Å². The smallest absolute Gasteiger partial charge is 0.459 e. The molecule has 0 saturated carbocycles. The number of esters is 1. The van der Waals surface area contributed by atoms with Gasteiger partial charge < -0.3 is 10.1 Å². The van der Waals surface area contributed by atoms with Gasteiger partial charge in [-0.05, 0) is 6.42 Å². The fraction of sp³-hybridized carbons (Fsp3) is 0.714. The highest BCUT2D eigenvalue weighted by molar-refractivity contribution is 5.76. The lowest BCUT2D eigenvalue weighted by Gasteiger charge is -2.06. The first-order valence-corrected chi connectivity index (χ1v) is 3.82. The van der Waals surface area contributed by atoms with E-state index in [1.807, 2.05) is 0 Å². The van der Waals surface area contributed by atoms with Crippen LogP contribution >= 0.6 is 0 Å². The quantitative estimate of drug-likeness (QED) is 0.550. The Morgan fingerprint density at radius 1 is 1.36 bits per heavy atom. The molecule has 0 aromatic rings. The Morgan fingerprint density at radius 3 is 2.36 bits per heavy atom. The van der Waals surface area contributed by atoms with Crippen molar-refractivity contribution in [2.45, 2.75) is 19.0 Å². The van der Waals surface area contributed by atoms with E-state index in [1.165, 1.54) is 7.05 Å². The first-order chi connectivity index (χ1) is 6.38. The second kappa shape index (κ2) is 5.46. The Bertz CT molecular complexity index is 215. The van der Waals surface area contributed by atoms with Crippen LogP contribution in [-0.2, 0) is 14.3 Å². The number of hydrogen-bond donors (Lipinski definition) is 1. The van der Waals surface area contributed by atoms with E-state index in [0.717, 1.165) is 0 Å². The van der Waals surface area contributed by atoms with E-state index in [0.29, 0.717) is 0 Å². The third kappa shape index (κ3) is 5.39. The zero-order valence-corrected chi connectivity index (χ0v) is 7.48. The van der Waals surface area contributed by atoms with Gasteiger partial charge in [-0.15, -0.1) is 0 Å². The van der Waals surface area contributed by atoms with Crippen molar-refractivity contribution in [1.82, 2.24) is 5.32 Å². The minimum absolute atomic E-state index is 0.0294. The molecule has 0 aromatic heterocycles. The summed E-state index contributed by atoms with van der Waals surface area (Å²) >= 11 is 0. The van der Waals surface area contributed by atoms with Crippen LogP contribution in [-0.4, -0.2) is 31.7 Å². The fourth-order valence-corrected chi connectivity index (χ4v) is 0.604. The molecule has 1 amide bonds. The van der Waals surface area contributed by atoms with Crippen LogP contribution in [0.5, 0.6) is 0 Å². The van der Waals surface area contributed by atoms with E-state index in [-0.39, 0.29) is 18.7 Å². The summed E-state index contributed by atoms with van der Waals surface area (Å²) in [6.07, 6.45) is -4.86. The molecule has 0 aliphatic heterocycles.